The summed E-state index contributed by atoms with van der Waals surface area (Å²) < 4.78 is 22.0. The Bertz CT molecular complexity index is 956. The maximum atomic E-state index is 12.7. The number of likely N-dealkylation sites (N-methyl/N-ethyl adjacent to an activating group) is 1. The highest BCUT2D eigenvalue weighted by Crippen LogP contribution is 2.40. The molecule has 0 saturated heterocycles. The second kappa shape index (κ2) is 9.54. The largest absolute Gasteiger partial charge is 0.493 e. The van der Waals surface area contributed by atoms with Crippen LogP contribution in [0.2, 0.25) is 0 Å². The molecule has 3 rings (SSSR count). The molecule has 30 heavy (non-hydrogen) atoms. The number of nitrogens with one attached hydrogen (secondary N) is 1. The van der Waals surface area contributed by atoms with Gasteiger partial charge in [-0.15, -0.1) is 0 Å². The summed E-state index contributed by atoms with van der Waals surface area (Å²) in [6.45, 7) is 4.96. The lowest BCUT2D eigenvalue weighted by molar-refractivity contribution is -0.117. The molecule has 1 heterocycles. The van der Waals surface area contributed by atoms with E-state index >= 15 is 0 Å². The van der Waals surface area contributed by atoms with Crippen molar-refractivity contribution in [3.8, 4) is 17.2 Å². The lowest BCUT2D eigenvalue weighted by atomic mass is 10.2. The molecule has 0 bridgehead atoms. The number of methoxy groups -OCH3 is 3. The third-order valence-corrected chi connectivity index (χ3v) is 5.11. The number of ether oxygens (including phenoxy) is 3. The van der Waals surface area contributed by atoms with E-state index in [0.29, 0.717) is 29.5 Å². The molecule has 0 saturated carbocycles. The van der Waals surface area contributed by atoms with Gasteiger partial charge >= 0.3 is 0 Å². The Labute approximate surface area is 176 Å². The number of fused-ring (bicyclic) bond motifs is 1. The number of hydrogen-bond donors (Lipinski definition) is 1. The number of nitrogens with zero attached hydrogens (tertiary/aromatic N) is 1. The summed E-state index contributed by atoms with van der Waals surface area (Å²) in [5, 5.41) is 3.97. The molecule has 0 aliphatic rings. The molecule has 7 heteroatoms. The molecule has 0 radical (unpaired) electrons. The Hall–Kier alpha value is -3.19. The number of benzene rings is 2. The zero-order valence-electron chi connectivity index (χ0n) is 18.0. The third kappa shape index (κ3) is 4.52. The average molecular weight is 412 g/mol. The molecule has 2 aromatic carbocycles. The Morgan fingerprint density at radius 1 is 1.07 bits per heavy atom. The molecule has 1 unspecified atom stereocenters. The van der Waals surface area contributed by atoms with Gasteiger partial charge in [0.15, 0.2) is 11.5 Å². The molecule has 0 aliphatic carbocycles. The van der Waals surface area contributed by atoms with Crippen molar-refractivity contribution < 1.29 is 23.4 Å². The van der Waals surface area contributed by atoms with Crippen LogP contribution < -0.4 is 19.5 Å². The normalized spacial score (nSPS) is 12.1. The molecule has 0 fully saturated rings. The van der Waals surface area contributed by atoms with Crippen LogP contribution in [-0.2, 0) is 4.79 Å². The molecule has 0 aliphatic heterocycles. The topological polar surface area (TPSA) is 73.2 Å². The van der Waals surface area contributed by atoms with Gasteiger partial charge in [0.2, 0.25) is 11.7 Å². The number of carbonyl (C=O) groups is 1. The van der Waals surface area contributed by atoms with Crippen LogP contribution in [0.4, 0.5) is 5.69 Å². The van der Waals surface area contributed by atoms with E-state index in [1.165, 1.54) is 21.3 Å². The lowest BCUT2D eigenvalue weighted by Crippen LogP contribution is -2.35. The number of anilines is 1. The zero-order valence-corrected chi connectivity index (χ0v) is 18.0. The predicted molar refractivity (Wildman–Crippen MR) is 117 cm³/mol. The minimum Gasteiger partial charge on any atom is -0.493 e. The van der Waals surface area contributed by atoms with Gasteiger partial charge in [0, 0.05) is 23.2 Å². The molecule has 1 N–H and O–H groups in total. The minimum atomic E-state index is -0.144. The first-order chi connectivity index (χ1) is 14.5. The summed E-state index contributed by atoms with van der Waals surface area (Å²) >= 11 is 0. The van der Waals surface area contributed by atoms with E-state index in [9.17, 15) is 4.79 Å². The molecule has 1 atom stereocenters. The van der Waals surface area contributed by atoms with Crippen molar-refractivity contribution in [3.05, 3.63) is 48.2 Å². The predicted octanol–water partition coefficient (Wildman–Crippen LogP) is 4.48. The zero-order chi connectivity index (χ0) is 21.7. The Balaban J connectivity index is 1.73. The van der Waals surface area contributed by atoms with Crippen LogP contribution >= 0.6 is 0 Å². The molecular formula is C23H28N2O5. The van der Waals surface area contributed by atoms with Crippen molar-refractivity contribution in [1.82, 2.24) is 4.90 Å². The van der Waals surface area contributed by atoms with E-state index in [2.05, 4.69) is 5.32 Å². The first-order valence-corrected chi connectivity index (χ1v) is 9.83. The monoisotopic (exact) mass is 412 g/mol. The first kappa shape index (κ1) is 21.5. The van der Waals surface area contributed by atoms with Gasteiger partial charge in [-0.05, 0) is 25.6 Å². The average Bonchev–Trinajstić information content (AvgIpc) is 3.20. The number of hydrogen-bond acceptors (Lipinski definition) is 6. The highest BCUT2D eigenvalue weighted by Gasteiger charge is 2.21. The summed E-state index contributed by atoms with van der Waals surface area (Å²) in [6.07, 6.45) is 0. The highest BCUT2D eigenvalue weighted by atomic mass is 16.5. The van der Waals surface area contributed by atoms with Gasteiger partial charge in [0.05, 0.1) is 33.9 Å². The van der Waals surface area contributed by atoms with Crippen LogP contribution in [0, 0.1) is 0 Å². The fourth-order valence-electron chi connectivity index (χ4n) is 3.45. The number of amides is 1. The van der Waals surface area contributed by atoms with Crippen LogP contribution in [0.25, 0.3) is 11.0 Å². The second-order valence-electron chi connectivity index (χ2n) is 6.89. The fourth-order valence-corrected chi connectivity index (χ4v) is 3.45. The maximum Gasteiger partial charge on any atom is 0.238 e. The quantitative estimate of drug-likeness (QED) is 0.559. The van der Waals surface area contributed by atoms with Crippen molar-refractivity contribution in [2.75, 3.05) is 39.7 Å². The van der Waals surface area contributed by atoms with Gasteiger partial charge in [-0.2, -0.15) is 0 Å². The van der Waals surface area contributed by atoms with E-state index < -0.39 is 0 Å². The first-order valence-electron chi connectivity index (χ1n) is 9.83. The number of para-hydroxylation sites is 1. The summed E-state index contributed by atoms with van der Waals surface area (Å²) in [5.41, 5.74) is 1.42. The SMILES string of the molecule is CCN(CC(=O)Nc1cc(OC)c(OC)c(OC)c1)C(C)c1cc2ccccc2o1. The fraction of sp³-hybridized carbons (Fsp3) is 0.348. The Morgan fingerprint density at radius 2 is 1.73 bits per heavy atom. The standard InChI is InChI=1S/C23H28N2O5/c1-6-25(15(2)19-11-16-9-7-8-10-18(16)30-19)14-22(26)24-17-12-20(27-3)23(29-5)21(13-17)28-4/h7-13,15H,6,14H2,1-5H3,(H,24,26). The Morgan fingerprint density at radius 3 is 2.30 bits per heavy atom. The van der Waals surface area contributed by atoms with E-state index in [-0.39, 0.29) is 18.5 Å². The smallest absolute Gasteiger partial charge is 0.238 e. The summed E-state index contributed by atoms with van der Waals surface area (Å²) in [5.74, 6) is 2.13. The maximum absolute atomic E-state index is 12.7. The van der Waals surface area contributed by atoms with E-state index in [0.717, 1.165) is 16.7 Å². The van der Waals surface area contributed by atoms with Gasteiger partial charge in [-0.1, -0.05) is 25.1 Å². The summed E-state index contributed by atoms with van der Waals surface area (Å²) in [7, 11) is 4.62. The van der Waals surface area contributed by atoms with Crippen molar-refractivity contribution in [2.24, 2.45) is 0 Å². The molecule has 3 aromatic rings. The number of furan rings is 1. The molecule has 7 nitrogen and oxygen atoms in total. The molecular weight excluding hydrogens is 384 g/mol. The lowest BCUT2D eigenvalue weighted by Gasteiger charge is -2.25. The van der Waals surface area contributed by atoms with Gasteiger partial charge in [-0.25, -0.2) is 0 Å². The minimum absolute atomic E-state index is 0.0481. The van der Waals surface area contributed by atoms with Crippen LogP contribution in [0.15, 0.2) is 46.9 Å². The van der Waals surface area contributed by atoms with Gasteiger partial charge in [0.1, 0.15) is 11.3 Å². The van der Waals surface area contributed by atoms with Crippen molar-refractivity contribution >= 4 is 22.6 Å². The number of carbonyl (C=O) groups excluding carboxylic acids is 1. The van der Waals surface area contributed by atoms with E-state index in [4.69, 9.17) is 18.6 Å². The van der Waals surface area contributed by atoms with Gasteiger partial charge < -0.3 is 23.9 Å². The van der Waals surface area contributed by atoms with Crippen molar-refractivity contribution in [1.29, 1.82) is 0 Å². The summed E-state index contributed by atoms with van der Waals surface area (Å²) in [4.78, 5) is 14.8. The Kier molecular flexibility index (Phi) is 6.84. The highest BCUT2D eigenvalue weighted by molar-refractivity contribution is 5.93. The van der Waals surface area contributed by atoms with E-state index in [1.807, 2.05) is 49.1 Å². The number of rotatable bonds is 9. The van der Waals surface area contributed by atoms with Crippen LogP contribution in [0.1, 0.15) is 25.6 Å². The van der Waals surface area contributed by atoms with Crippen molar-refractivity contribution in [3.63, 3.8) is 0 Å². The van der Waals surface area contributed by atoms with Gasteiger partial charge in [-0.3, -0.25) is 9.69 Å². The van der Waals surface area contributed by atoms with Crippen LogP contribution in [0.5, 0.6) is 17.2 Å². The third-order valence-electron chi connectivity index (χ3n) is 5.11. The summed E-state index contributed by atoms with van der Waals surface area (Å²) in [6, 6.07) is 13.3. The second-order valence-corrected chi connectivity index (χ2v) is 6.89. The molecule has 0 spiro atoms. The molecule has 160 valence electrons. The van der Waals surface area contributed by atoms with Crippen molar-refractivity contribution in [2.45, 2.75) is 19.9 Å². The van der Waals surface area contributed by atoms with Crippen LogP contribution in [0.3, 0.4) is 0 Å². The van der Waals surface area contributed by atoms with Crippen LogP contribution in [-0.4, -0.2) is 45.2 Å². The van der Waals surface area contributed by atoms with E-state index in [1.54, 1.807) is 12.1 Å². The van der Waals surface area contributed by atoms with Gasteiger partial charge in [0.25, 0.3) is 0 Å². The molecule has 1 amide bonds. The molecule has 1 aromatic heterocycles.